The number of benzene rings is 1. The molecule has 0 unspecified atom stereocenters. The maximum absolute atomic E-state index is 12.5. The van der Waals surface area contributed by atoms with Crippen LogP contribution in [-0.4, -0.2) is 36.4 Å². The monoisotopic (exact) mass is 370 g/mol. The summed E-state index contributed by atoms with van der Waals surface area (Å²) in [6.07, 6.45) is 3.10. The molecule has 1 amide bonds. The first-order chi connectivity index (χ1) is 12.4. The number of allylic oxidation sites excluding steroid dienone is 1. The molecule has 0 fully saturated rings. The molecule has 134 valence electrons. The Bertz CT molecular complexity index is 981. The SMILES string of the molecule is Cc1ccc(C2=NS(=O)(=O)N(C)C(C(=O)NCc3ccccn3)=C2)cc1. The molecule has 0 radical (unpaired) electrons. The molecule has 1 N–H and O–H groups in total. The van der Waals surface area contributed by atoms with E-state index < -0.39 is 16.1 Å². The topological polar surface area (TPSA) is 91.7 Å². The van der Waals surface area contributed by atoms with Crippen LogP contribution in [0.2, 0.25) is 0 Å². The van der Waals surface area contributed by atoms with Crippen molar-refractivity contribution in [3.8, 4) is 0 Å². The van der Waals surface area contributed by atoms with Crippen LogP contribution in [-0.2, 0) is 21.5 Å². The van der Waals surface area contributed by atoms with Crippen molar-refractivity contribution in [3.05, 3.63) is 77.3 Å². The lowest BCUT2D eigenvalue weighted by atomic mass is 10.1. The summed E-state index contributed by atoms with van der Waals surface area (Å²) in [7, 11) is -2.67. The molecule has 1 aliphatic rings. The minimum absolute atomic E-state index is 0.00602. The zero-order valence-corrected chi connectivity index (χ0v) is 15.2. The van der Waals surface area contributed by atoms with Gasteiger partial charge in [0.25, 0.3) is 5.91 Å². The number of nitrogens with zero attached hydrogens (tertiary/aromatic N) is 3. The Labute approximate surface area is 152 Å². The molecule has 0 spiro atoms. The molecule has 1 aromatic heterocycles. The Kier molecular flexibility index (Phi) is 4.85. The van der Waals surface area contributed by atoms with E-state index in [0.717, 1.165) is 9.87 Å². The molecule has 2 aromatic rings. The summed E-state index contributed by atoms with van der Waals surface area (Å²) in [4.78, 5) is 16.7. The summed E-state index contributed by atoms with van der Waals surface area (Å²) in [6, 6.07) is 12.6. The van der Waals surface area contributed by atoms with E-state index in [9.17, 15) is 13.2 Å². The molecule has 1 aliphatic heterocycles. The second kappa shape index (κ2) is 7.09. The van der Waals surface area contributed by atoms with Crippen molar-refractivity contribution in [1.82, 2.24) is 14.6 Å². The number of aryl methyl sites for hydroxylation is 1. The zero-order chi connectivity index (χ0) is 18.7. The minimum Gasteiger partial charge on any atom is -0.345 e. The Morgan fingerprint density at radius 1 is 1.15 bits per heavy atom. The standard InChI is InChI=1S/C18H18N4O3S/c1-13-6-8-14(9-7-13)16-11-17(22(2)26(24,25)21-16)18(23)20-12-15-5-3-4-10-19-15/h3-11H,12H2,1-2H3,(H,20,23). The highest BCUT2D eigenvalue weighted by atomic mass is 32.2. The first kappa shape index (κ1) is 17.8. The highest BCUT2D eigenvalue weighted by Crippen LogP contribution is 2.20. The van der Waals surface area contributed by atoms with Crippen LogP contribution in [0.4, 0.5) is 0 Å². The number of rotatable bonds is 4. The normalized spacial score (nSPS) is 15.8. The summed E-state index contributed by atoms with van der Waals surface area (Å²) < 4.78 is 29.3. The molecule has 0 bridgehead atoms. The molecule has 0 aliphatic carbocycles. The van der Waals surface area contributed by atoms with Crippen molar-refractivity contribution in [2.24, 2.45) is 4.40 Å². The maximum atomic E-state index is 12.5. The molecule has 26 heavy (non-hydrogen) atoms. The molecule has 0 saturated carbocycles. The summed E-state index contributed by atoms with van der Waals surface area (Å²) in [6.45, 7) is 2.13. The van der Waals surface area contributed by atoms with Gasteiger partial charge in [0.2, 0.25) is 0 Å². The van der Waals surface area contributed by atoms with Gasteiger partial charge in [0.05, 0.1) is 18.0 Å². The van der Waals surface area contributed by atoms with Crippen molar-refractivity contribution in [2.45, 2.75) is 13.5 Å². The van der Waals surface area contributed by atoms with Gasteiger partial charge >= 0.3 is 10.2 Å². The van der Waals surface area contributed by atoms with Crippen LogP contribution in [0, 0.1) is 6.92 Å². The quantitative estimate of drug-likeness (QED) is 0.884. The molecule has 2 heterocycles. The number of hydrogen-bond donors (Lipinski definition) is 1. The number of carbonyl (C=O) groups is 1. The van der Waals surface area contributed by atoms with Crippen molar-refractivity contribution < 1.29 is 13.2 Å². The van der Waals surface area contributed by atoms with E-state index in [0.29, 0.717) is 11.3 Å². The van der Waals surface area contributed by atoms with E-state index in [-0.39, 0.29) is 18.0 Å². The number of nitrogens with one attached hydrogen (secondary N) is 1. The number of amides is 1. The van der Waals surface area contributed by atoms with Gasteiger partial charge in [0, 0.05) is 18.8 Å². The number of hydrogen-bond acceptors (Lipinski definition) is 4. The smallest absolute Gasteiger partial charge is 0.345 e. The fraction of sp³-hybridized carbons (Fsp3) is 0.167. The third-order valence-corrected chi connectivity index (χ3v) is 5.22. The summed E-state index contributed by atoms with van der Waals surface area (Å²) in [5, 5.41) is 2.69. The largest absolute Gasteiger partial charge is 0.345 e. The number of pyridine rings is 1. The van der Waals surface area contributed by atoms with E-state index >= 15 is 0 Å². The van der Waals surface area contributed by atoms with Crippen LogP contribution in [0.3, 0.4) is 0 Å². The van der Waals surface area contributed by atoms with E-state index in [1.54, 1.807) is 30.5 Å². The van der Waals surface area contributed by atoms with Crippen molar-refractivity contribution in [3.63, 3.8) is 0 Å². The van der Waals surface area contributed by atoms with E-state index in [4.69, 9.17) is 0 Å². The minimum atomic E-state index is -3.97. The van der Waals surface area contributed by atoms with Crippen LogP contribution in [0.15, 0.2) is 64.8 Å². The Morgan fingerprint density at radius 3 is 2.54 bits per heavy atom. The predicted molar refractivity (Wildman–Crippen MR) is 98.6 cm³/mol. The summed E-state index contributed by atoms with van der Waals surface area (Å²) in [5.41, 5.74) is 2.58. The number of likely N-dealkylation sites (N-methyl/N-ethyl adjacent to an activating group) is 1. The molecule has 0 saturated heterocycles. The van der Waals surface area contributed by atoms with Gasteiger partial charge in [-0.2, -0.15) is 8.42 Å². The Morgan fingerprint density at radius 2 is 1.88 bits per heavy atom. The average Bonchev–Trinajstić information content (AvgIpc) is 2.63. The first-order valence-corrected chi connectivity index (χ1v) is 9.32. The van der Waals surface area contributed by atoms with Gasteiger partial charge in [-0.15, -0.1) is 4.40 Å². The van der Waals surface area contributed by atoms with Crippen molar-refractivity contribution in [2.75, 3.05) is 7.05 Å². The lowest BCUT2D eigenvalue weighted by Gasteiger charge is -2.23. The van der Waals surface area contributed by atoms with Gasteiger partial charge < -0.3 is 5.32 Å². The van der Waals surface area contributed by atoms with E-state index in [1.807, 2.05) is 25.1 Å². The van der Waals surface area contributed by atoms with Crippen LogP contribution in [0.1, 0.15) is 16.8 Å². The highest BCUT2D eigenvalue weighted by molar-refractivity contribution is 7.88. The molecule has 3 rings (SSSR count). The second-order valence-electron chi connectivity index (χ2n) is 5.82. The zero-order valence-electron chi connectivity index (χ0n) is 14.4. The molecule has 7 nitrogen and oxygen atoms in total. The van der Waals surface area contributed by atoms with Crippen LogP contribution in [0.5, 0.6) is 0 Å². The van der Waals surface area contributed by atoms with E-state index in [2.05, 4.69) is 14.7 Å². The van der Waals surface area contributed by atoms with Gasteiger partial charge in [-0.05, 0) is 25.1 Å². The second-order valence-corrected chi connectivity index (χ2v) is 7.45. The van der Waals surface area contributed by atoms with Gasteiger partial charge in [-0.25, -0.2) is 4.31 Å². The summed E-state index contributed by atoms with van der Waals surface area (Å²) >= 11 is 0. The fourth-order valence-electron chi connectivity index (χ4n) is 2.39. The van der Waals surface area contributed by atoms with Gasteiger partial charge in [-0.3, -0.25) is 9.78 Å². The number of carbonyl (C=O) groups excluding carboxylic acids is 1. The Balaban J connectivity index is 1.87. The molecule has 0 atom stereocenters. The number of aromatic nitrogens is 1. The van der Waals surface area contributed by atoms with E-state index in [1.165, 1.54) is 13.1 Å². The van der Waals surface area contributed by atoms with Gasteiger partial charge in [-0.1, -0.05) is 35.9 Å². The van der Waals surface area contributed by atoms with Crippen molar-refractivity contribution >= 4 is 21.8 Å². The Hall–Kier alpha value is -3.00. The van der Waals surface area contributed by atoms with Crippen LogP contribution >= 0.6 is 0 Å². The predicted octanol–water partition coefficient (Wildman–Crippen LogP) is 1.57. The molecular formula is C18H18N4O3S. The van der Waals surface area contributed by atoms with Crippen LogP contribution in [0.25, 0.3) is 0 Å². The van der Waals surface area contributed by atoms with Crippen molar-refractivity contribution in [1.29, 1.82) is 0 Å². The fourth-order valence-corrected chi connectivity index (χ4v) is 3.30. The third kappa shape index (κ3) is 3.80. The molecule has 8 heteroatoms. The highest BCUT2D eigenvalue weighted by Gasteiger charge is 2.29. The lowest BCUT2D eigenvalue weighted by Crippen LogP contribution is -2.38. The average molecular weight is 370 g/mol. The lowest BCUT2D eigenvalue weighted by molar-refractivity contribution is -0.118. The summed E-state index contributed by atoms with van der Waals surface area (Å²) in [5.74, 6) is -0.513. The van der Waals surface area contributed by atoms with Crippen LogP contribution < -0.4 is 5.32 Å². The maximum Gasteiger partial charge on any atom is 0.345 e. The van der Waals surface area contributed by atoms with Gasteiger partial charge in [0.15, 0.2) is 0 Å². The van der Waals surface area contributed by atoms with Gasteiger partial charge in [0.1, 0.15) is 5.70 Å². The molecule has 1 aromatic carbocycles. The first-order valence-electron chi connectivity index (χ1n) is 7.92. The third-order valence-electron chi connectivity index (χ3n) is 3.91. The molecular weight excluding hydrogens is 352 g/mol.